The van der Waals surface area contributed by atoms with E-state index in [0.29, 0.717) is 11.4 Å². The van der Waals surface area contributed by atoms with Crippen molar-refractivity contribution in [3.8, 4) is 11.5 Å². The van der Waals surface area contributed by atoms with Crippen LogP contribution in [-0.2, 0) is 10.0 Å². The Morgan fingerprint density at radius 3 is 2.29 bits per heavy atom. The van der Waals surface area contributed by atoms with E-state index in [1.807, 2.05) is 0 Å². The van der Waals surface area contributed by atoms with Crippen LogP contribution in [0.3, 0.4) is 0 Å². The number of aromatic hydroxyl groups is 1. The minimum Gasteiger partial charge on any atom is -0.508 e. The summed E-state index contributed by atoms with van der Waals surface area (Å²) in [4.78, 5) is 0.113. The van der Waals surface area contributed by atoms with Crippen molar-refractivity contribution in [1.82, 2.24) is 0 Å². The smallest absolute Gasteiger partial charge is 0.268 e. The van der Waals surface area contributed by atoms with E-state index in [9.17, 15) is 13.5 Å². The van der Waals surface area contributed by atoms with E-state index in [1.54, 1.807) is 37.3 Å². The number of sulfonamides is 1. The zero-order valence-electron chi connectivity index (χ0n) is 11.9. The van der Waals surface area contributed by atoms with Crippen molar-refractivity contribution in [3.63, 3.8) is 0 Å². The normalized spacial score (nSPS) is 11.1. The third kappa shape index (κ3) is 2.95. The number of hydrogen-bond donors (Lipinski definition) is 1. The van der Waals surface area contributed by atoms with Crippen LogP contribution in [0.1, 0.15) is 6.92 Å². The van der Waals surface area contributed by atoms with Gasteiger partial charge in [0, 0.05) is 6.54 Å². The van der Waals surface area contributed by atoms with E-state index in [2.05, 4.69) is 0 Å². The summed E-state index contributed by atoms with van der Waals surface area (Å²) in [5, 5.41) is 9.33. The van der Waals surface area contributed by atoms with Gasteiger partial charge in [-0.05, 0) is 43.3 Å². The zero-order chi connectivity index (χ0) is 15.5. The number of phenolic OH excluding ortho intramolecular Hbond substituents is 1. The third-order valence-corrected chi connectivity index (χ3v) is 5.00. The van der Waals surface area contributed by atoms with Gasteiger partial charge in [-0.2, -0.15) is 0 Å². The number of benzene rings is 2. The maximum Gasteiger partial charge on any atom is 0.268 e. The minimum atomic E-state index is -3.73. The fraction of sp³-hybridized carbons (Fsp3) is 0.200. The van der Waals surface area contributed by atoms with E-state index in [-0.39, 0.29) is 17.2 Å². The number of rotatable bonds is 5. The van der Waals surface area contributed by atoms with Gasteiger partial charge < -0.3 is 9.84 Å². The van der Waals surface area contributed by atoms with Crippen LogP contribution in [0.15, 0.2) is 53.4 Å². The average Bonchev–Trinajstić information content (AvgIpc) is 2.49. The summed E-state index contributed by atoms with van der Waals surface area (Å²) < 4.78 is 32.0. The second-order valence-electron chi connectivity index (χ2n) is 4.34. The number of hydrogen-bond acceptors (Lipinski definition) is 4. The topological polar surface area (TPSA) is 66.8 Å². The van der Waals surface area contributed by atoms with Crippen molar-refractivity contribution in [3.05, 3.63) is 48.5 Å². The monoisotopic (exact) mass is 307 g/mol. The fourth-order valence-electron chi connectivity index (χ4n) is 2.06. The molecule has 0 unspecified atom stereocenters. The predicted molar refractivity (Wildman–Crippen MR) is 81.3 cm³/mol. The van der Waals surface area contributed by atoms with Gasteiger partial charge in [0.2, 0.25) is 0 Å². The largest absolute Gasteiger partial charge is 0.508 e. The maximum atomic E-state index is 12.8. The number of phenols is 1. The molecule has 2 aromatic carbocycles. The van der Waals surface area contributed by atoms with Gasteiger partial charge in [-0.1, -0.05) is 12.1 Å². The molecule has 0 aromatic heterocycles. The Balaban J connectivity index is 2.52. The number of anilines is 1. The molecule has 0 aliphatic heterocycles. The van der Waals surface area contributed by atoms with Crippen LogP contribution in [0.25, 0.3) is 0 Å². The molecule has 0 atom stereocenters. The van der Waals surface area contributed by atoms with Gasteiger partial charge in [0.25, 0.3) is 10.0 Å². The fourth-order valence-corrected chi connectivity index (χ4v) is 3.69. The van der Waals surface area contributed by atoms with E-state index in [0.717, 1.165) is 0 Å². The molecule has 0 amide bonds. The molecule has 0 bridgehead atoms. The standard InChI is InChI=1S/C15H17NO4S/c1-3-16(12-8-10-13(17)11-9-12)21(18,19)15-7-5-4-6-14(15)20-2/h4-11,17H,3H2,1-2H3. The van der Waals surface area contributed by atoms with Crippen molar-refractivity contribution < 1.29 is 18.3 Å². The summed E-state index contributed by atoms with van der Waals surface area (Å²) >= 11 is 0. The second kappa shape index (κ2) is 6.05. The Morgan fingerprint density at radius 2 is 1.71 bits per heavy atom. The lowest BCUT2D eigenvalue weighted by molar-refractivity contribution is 0.402. The highest BCUT2D eigenvalue weighted by Crippen LogP contribution is 2.30. The van der Waals surface area contributed by atoms with Crippen LogP contribution in [0.2, 0.25) is 0 Å². The predicted octanol–water partition coefficient (Wildman–Crippen LogP) is 2.62. The summed E-state index contributed by atoms with van der Waals surface area (Å²) in [5.41, 5.74) is 0.487. The molecule has 0 radical (unpaired) electrons. The van der Waals surface area contributed by atoms with Gasteiger partial charge in [-0.15, -0.1) is 0 Å². The van der Waals surface area contributed by atoms with E-state index < -0.39 is 10.0 Å². The molecule has 21 heavy (non-hydrogen) atoms. The van der Waals surface area contributed by atoms with Crippen molar-refractivity contribution >= 4 is 15.7 Å². The Hall–Kier alpha value is -2.21. The van der Waals surface area contributed by atoms with Crippen molar-refractivity contribution in [2.24, 2.45) is 0 Å². The molecule has 0 heterocycles. The molecule has 0 spiro atoms. The second-order valence-corrected chi connectivity index (χ2v) is 6.17. The first kappa shape index (κ1) is 15.2. The van der Waals surface area contributed by atoms with Crippen LogP contribution in [0.5, 0.6) is 11.5 Å². The highest BCUT2D eigenvalue weighted by atomic mass is 32.2. The first-order chi connectivity index (χ1) is 10.0. The lowest BCUT2D eigenvalue weighted by atomic mass is 10.3. The molecule has 0 aliphatic carbocycles. The van der Waals surface area contributed by atoms with Gasteiger partial charge in [-0.25, -0.2) is 8.42 Å². The Kier molecular flexibility index (Phi) is 4.37. The van der Waals surface area contributed by atoms with Crippen molar-refractivity contribution in [2.45, 2.75) is 11.8 Å². The summed E-state index contributed by atoms with van der Waals surface area (Å²) in [5.74, 6) is 0.388. The summed E-state index contributed by atoms with van der Waals surface area (Å²) in [6.07, 6.45) is 0. The first-order valence-corrected chi connectivity index (χ1v) is 7.89. The molecular weight excluding hydrogens is 290 g/mol. The molecule has 2 aromatic rings. The zero-order valence-corrected chi connectivity index (χ0v) is 12.7. The van der Waals surface area contributed by atoms with Gasteiger partial charge in [0.05, 0.1) is 12.8 Å². The molecule has 0 saturated carbocycles. The van der Waals surface area contributed by atoms with Crippen LogP contribution < -0.4 is 9.04 Å². The number of para-hydroxylation sites is 1. The van der Waals surface area contributed by atoms with E-state index in [4.69, 9.17) is 4.74 Å². The lowest BCUT2D eigenvalue weighted by Gasteiger charge is -2.23. The number of methoxy groups -OCH3 is 1. The number of ether oxygens (including phenoxy) is 1. The van der Waals surface area contributed by atoms with Crippen molar-refractivity contribution in [2.75, 3.05) is 18.0 Å². The third-order valence-electron chi connectivity index (χ3n) is 3.06. The van der Waals surface area contributed by atoms with E-state index >= 15 is 0 Å². The quantitative estimate of drug-likeness (QED) is 0.922. The van der Waals surface area contributed by atoms with Crippen LogP contribution in [0, 0.1) is 0 Å². The highest BCUT2D eigenvalue weighted by molar-refractivity contribution is 7.93. The van der Waals surface area contributed by atoms with Gasteiger partial charge in [0.15, 0.2) is 0 Å². The molecule has 0 aliphatic rings. The Labute approximate surface area is 124 Å². The lowest BCUT2D eigenvalue weighted by Crippen LogP contribution is -2.31. The summed E-state index contributed by atoms with van der Waals surface area (Å²) in [6, 6.07) is 12.5. The average molecular weight is 307 g/mol. The first-order valence-electron chi connectivity index (χ1n) is 6.45. The minimum absolute atomic E-state index is 0.0875. The van der Waals surface area contributed by atoms with Crippen molar-refractivity contribution in [1.29, 1.82) is 0 Å². The Morgan fingerprint density at radius 1 is 1.10 bits per heavy atom. The molecule has 2 rings (SSSR count). The van der Waals surface area contributed by atoms with E-state index in [1.165, 1.54) is 29.6 Å². The van der Waals surface area contributed by atoms with Gasteiger partial charge in [0.1, 0.15) is 16.4 Å². The molecular formula is C15H17NO4S. The molecule has 5 nitrogen and oxygen atoms in total. The van der Waals surface area contributed by atoms with Crippen LogP contribution >= 0.6 is 0 Å². The SMILES string of the molecule is CCN(c1ccc(O)cc1)S(=O)(=O)c1ccccc1OC. The van der Waals surface area contributed by atoms with Crippen LogP contribution in [0.4, 0.5) is 5.69 Å². The molecule has 1 N–H and O–H groups in total. The summed E-state index contributed by atoms with van der Waals surface area (Å²) in [7, 11) is -2.30. The van der Waals surface area contributed by atoms with Gasteiger partial charge >= 0.3 is 0 Å². The Bertz CT molecular complexity index is 711. The summed E-state index contributed by atoms with van der Waals surface area (Å²) in [6.45, 7) is 2.02. The molecule has 0 fully saturated rings. The maximum absolute atomic E-state index is 12.8. The molecule has 6 heteroatoms. The van der Waals surface area contributed by atoms with Gasteiger partial charge in [-0.3, -0.25) is 4.31 Å². The molecule has 0 saturated heterocycles. The molecule has 112 valence electrons. The number of nitrogens with zero attached hydrogens (tertiary/aromatic N) is 1. The highest BCUT2D eigenvalue weighted by Gasteiger charge is 2.26. The van der Waals surface area contributed by atoms with Crippen LogP contribution in [-0.4, -0.2) is 27.2 Å².